The van der Waals surface area contributed by atoms with E-state index in [1.807, 2.05) is 13.8 Å². The van der Waals surface area contributed by atoms with Gasteiger partial charge in [-0.05, 0) is 12.2 Å². The van der Waals surface area contributed by atoms with Crippen LogP contribution in [0.4, 0.5) is 0 Å². The highest BCUT2D eigenvalue weighted by Crippen LogP contribution is 2.15. The van der Waals surface area contributed by atoms with Gasteiger partial charge in [0.1, 0.15) is 6.61 Å². The minimum Gasteiger partial charge on any atom is -0.481 e. The molecule has 0 aromatic heterocycles. The number of amides is 1. The van der Waals surface area contributed by atoms with Crippen molar-refractivity contribution in [3.63, 3.8) is 0 Å². The summed E-state index contributed by atoms with van der Waals surface area (Å²) >= 11 is 1.61. The van der Waals surface area contributed by atoms with Gasteiger partial charge in [-0.25, -0.2) is 0 Å². The Labute approximate surface area is 154 Å². The lowest BCUT2D eigenvalue weighted by Gasteiger charge is -2.23. The standard InChI is InChI=1S/C17H31NO6S/c1-11(2)17(22)24-9-8-23-7-6-15(19)18-14(10-25-12(3)4)13(5)16(20)21/h11-14H,6-10H2,1-5H3,(H,18,19)(H,20,21). The first kappa shape index (κ1) is 23.7. The number of rotatable bonds is 13. The molecule has 2 unspecified atom stereocenters. The summed E-state index contributed by atoms with van der Waals surface area (Å²) in [4.78, 5) is 34.4. The number of carboxylic acids is 1. The number of thioether (sulfide) groups is 1. The molecule has 146 valence electrons. The largest absolute Gasteiger partial charge is 0.481 e. The molecule has 0 aliphatic heterocycles. The number of carbonyl (C=O) groups excluding carboxylic acids is 2. The van der Waals surface area contributed by atoms with E-state index in [1.165, 1.54) is 0 Å². The average molecular weight is 378 g/mol. The summed E-state index contributed by atoms with van der Waals surface area (Å²) in [5.41, 5.74) is 0. The molecule has 0 rings (SSSR count). The monoisotopic (exact) mass is 377 g/mol. The molecule has 0 saturated heterocycles. The third kappa shape index (κ3) is 11.8. The second kappa shape index (κ2) is 13.0. The van der Waals surface area contributed by atoms with Crippen LogP contribution < -0.4 is 5.32 Å². The Kier molecular flexibility index (Phi) is 12.3. The summed E-state index contributed by atoms with van der Waals surface area (Å²) in [6.45, 7) is 9.71. The fraction of sp³-hybridized carbons (Fsp3) is 0.824. The minimum absolute atomic E-state index is 0.132. The topological polar surface area (TPSA) is 102 Å². The maximum absolute atomic E-state index is 12.0. The summed E-state index contributed by atoms with van der Waals surface area (Å²) in [6.07, 6.45) is 0.132. The van der Waals surface area contributed by atoms with Crippen LogP contribution in [0.1, 0.15) is 41.0 Å². The molecule has 1 amide bonds. The van der Waals surface area contributed by atoms with Crippen molar-refractivity contribution in [2.24, 2.45) is 11.8 Å². The Morgan fingerprint density at radius 3 is 2.20 bits per heavy atom. The summed E-state index contributed by atoms with van der Waals surface area (Å²) in [7, 11) is 0. The van der Waals surface area contributed by atoms with Gasteiger partial charge < -0.3 is 19.9 Å². The van der Waals surface area contributed by atoms with E-state index >= 15 is 0 Å². The third-order valence-corrected chi connectivity index (χ3v) is 4.58. The van der Waals surface area contributed by atoms with Gasteiger partial charge in [-0.1, -0.05) is 27.7 Å². The number of carboxylic acid groups (broad SMARTS) is 1. The Morgan fingerprint density at radius 1 is 1.04 bits per heavy atom. The number of nitrogens with one attached hydrogen (secondary N) is 1. The molecule has 0 aromatic rings. The number of carbonyl (C=O) groups is 3. The molecule has 0 bridgehead atoms. The van der Waals surface area contributed by atoms with Crippen molar-refractivity contribution in [2.45, 2.75) is 52.3 Å². The van der Waals surface area contributed by atoms with E-state index in [4.69, 9.17) is 14.6 Å². The summed E-state index contributed by atoms with van der Waals surface area (Å²) in [6, 6.07) is -0.426. The zero-order chi connectivity index (χ0) is 19.4. The maximum Gasteiger partial charge on any atom is 0.308 e. The second-order valence-electron chi connectivity index (χ2n) is 6.37. The molecule has 25 heavy (non-hydrogen) atoms. The summed E-state index contributed by atoms with van der Waals surface area (Å²) < 4.78 is 10.2. The van der Waals surface area contributed by atoms with Gasteiger partial charge in [0.05, 0.1) is 31.1 Å². The zero-order valence-electron chi connectivity index (χ0n) is 15.7. The smallest absolute Gasteiger partial charge is 0.308 e. The van der Waals surface area contributed by atoms with Crippen molar-refractivity contribution in [2.75, 3.05) is 25.6 Å². The van der Waals surface area contributed by atoms with Crippen LogP contribution in [0.25, 0.3) is 0 Å². The normalized spacial score (nSPS) is 13.6. The van der Waals surface area contributed by atoms with Gasteiger partial charge in [0, 0.05) is 12.2 Å². The van der Waals surface area contributed by atoms with E-state index in [0.29, 0.717) is 11.0 Å². The van der Waals surface area contributed by atoms with Gasteiger partial charge in [0.15, 0.2) is 0 Å². The molecule has 8 heteroatoms. The van der Waals surface area contributed by atoms with Crippen molar-refractivity contribution in [1.82, 2.24) is 5.32 Å². The van der Waals surface area contributed by atoms with Gasteiger partial charge in [0.2, 0.25) is 5.91 Å². The van der Waals surface area contributed by atoms with Crippen LogP contribution in [0.2, 0.25) is 0 Å². The van der Waals surface area contributed by atoms with Crippen LogP contribution in [-0.4, -0.2) is 59.8 Å². The fourth-order valence-electron chi connectivity index (χ4n) is 1.69. The van der Waals surface area contributed by atoms with Crippen LogP contribution >= 0.6 is 11.8 Å². The number of hydrogen-bond acceptors (Lipinski definition) is 6. The van der Waals surface area contributed by atoms with E-state index in [2.05, 4.69) is 5.32 Å². The van der Waals surface area contributed by atoms with Gasteiger partial charge in [-0.15, -0.1) is 0 Å². The first-order valence-electron chi connectivity index (χ1n) is 8.53. The Morgan fingerprint density at radius 2 is 1.68 bits per heavy atom. The molecular weight excluding hydrogens is 346 g/mol. The summed E-state index contributed by atoms with van der Waals surface area (Å²) in [5, 5.41) is 12.3. The van der Waals surface area contributed by atoms with E-state index in [0.717, 1.165) is 0 Å². The second-order valence-corrected chi connectivity index (χ2v) is 7.98. The predicted molar refractivity (Wildman–Crippen MR) is 97.6 cm³/mol. The maximum atomic E-state index is 12.0. The van der Waals surface area contributed by atoms with Crippen LogP contribution in [0.5, 0.6) is 0 Å². The molecule has 0 aromatic carbocycles. The Hall–Kier alpha value is -1.28. The SMILES string of the molecule is CC(C)SCC(NC(=O)CCOCCOC(=O)C(C)C)C(C)C(=O)O. The highest BCUT2D eigenvalue weighted by Gasteiger charge is 2.25. The fourth-order valence-corrected chi connectivity index (χ4v) is 2.66. The number of aliphatic carboxylic acids is 1. The van der Waals surface area contributed by atoms with Crippen molar-refractivity contribution in [1.29, 1.82) is 0 Å². The quantitative estimate of drug-likeness (QED) is 0.373. The first-order valence-corrected chi connectivity index (χ1v) is 9.58. The molecule has 0 saturated carbocycles. The molecule has 7 nitrogen and oxygen atoms in total. The van der Waals surface area contributed by atoms with Gasteiger partial charge >= 0.3 is 11.9 Å². The number of esters is 1. The molecule has 0 aliphatic carbocycles. The molecule has 0 spiro atoms. The minimum atomic E-state index is -0.933. The molecular formula is C17H31NO6S. The number of hydrogen-bond donors (Lipinski definition) is 2. The molecule has 0 heterocycles. The molecule has 2 N–H and O–H groups in total. The Balaban J connectivity index is 4.09. The van der Waals surface area contributed by atoms with Crippen molar-refractivity contribution < 1.29 is 29.0 Å². The first-order chi connectivity index (χ1) is 11.6. The zero-order valence-corrected chi connectivity index (χ0v) is 16.6. The lowest BCUT2D eigenvalue weighted by atomic mass is 10.0. The molecule has 0 fully saturated rings. The third-order valence-electron chi connectivity index (χ3n) is 3.37. The van der Waals surface area contributed by atoms with Crippen LogP contribution in [0, 0.1) is 11.8 Å². The average Bonchev–Trinajstić information content (AvgIpc) is 2.53. The van der Waals surface area contributed by atoms with Crippen LogP contribution in [0.15, 0.2) is 0 Å². The van der Waals surface area contributed by atoms with Crippen molar-refractivity contribution in [3.05, 3.63) is 0 Å². The van der Waals surface area contributed by atoms with Crippen molar-refractivity contribution in [3.8, 4) is 0 Å². The lowest BCUT2D eigenvalue weighted by Crippen LogP contribution is -2.44. The van der Waals surface area contributed by atoms with E-state index in [-0.39, 0.29) is 44.0 Å². The predicted octanol–water partition coefficient (Wildman–Crippen LogP) is 1.94. The van der Waals surface area contributed by atoms with E-state index < -0.39 is 17.9 Å². The molecule has 0 aliphatic rings. The number of ether oxygens (including phenoxy) is 2. The van der Waals surface area contributed by atoms with E-state index in [9.17, 15) is 14.4 Å². The lowest BCUT2D eigenvalue weighted by molar-refractivity contribution is -0.149. The van der Waals surface area contributed by atoms with E-state index in [1.54, 1.807) is 32.5 Å². The molecule has 0 radical (unpaired) electrons. The molecule has 2 atom stereocenters. The Bertz CT molecular complexity index is 427. The van der Waals surface area contributed by atoms with Crippen LogP contribution in [0.3, 0.4) is 0 Å². The van der Waals surface area contributed by atoms with Gasteiger partial charge in [-0.3, -0.25) is 14.4 Å². The van der Waals surface area contributed by atoms with Gasteiger partial charge in [-0.2, -0.15) is 11.8 Å². The van der Waals surface area contributed by atoms with Crippen molar-refractivity contribution >= 4 is 29.6 Å². The van der Waals surface area contributed by atoms with Gasteiger partial charge in [0.25, 0.3) is 0 Å². The highest BCUT2D eigenvalue weighted by molar-refractivity contribution is 7.99. The highest BCUT2D eigenvalue weighted by atomic mass is 32.2. The summed E-state index contributed by atoms with van der Waals surface area (Å²) in [5.74, 6) is -1.76. The van der Waals surface area contributed by atoms with Crippen LogP contribution in [-0.2, 0) is 23.9 Å².